The Hall–Kier alpha value is -4.12. The van der Waals surface area contributed by atoms with E-state index in [0.29, 0.717) is 26.1 Å². The van der Waals surface area contributed by atoms with E-state index in [-0.39, 0.29) is 28.2 Å². The maximum absolute atomic E-state index is 13.3. The Morgan fingerprint density at radius 2 is 1.94 bits per heavy atom. The Morgan fingerprint density at radius 1 is 1.12 bits per heavy atom. The molecule has 1 aromatic heterocycles. The number of fused-ring (bicyclic) bond motifs is 1. The second-order valence-electron chi connectivity index (χ2n) is 6.72. The third-order valence-corrected chi connectivity index (χ3v) is 6.59. The fourth-order valence-corrected chi connectivity index (χ4v) is 4.77. The number of nitrogen functional groups attached to an aromatic ring is 1. The van der Waals surface area contributed by atoms with Gasteiger partial charge in [-0.15, -0.1) is 9.19 Å². The topological polar surface area (TPSA) is 150 Å². The molecule has 0 aliphatic carbocycles. The number of aromatic nitrogens is 3. The van der Waals surface area contributed by atoms with E-state index in [9.17, 15) is 8.42 Å². The van der Waals surface area contributed by atoms with Crippen LogP contribution in [0.25, 0.3) is 10.8 Å². The van der Waals surface area contributed by atoms with Crippen LogP contribution in [0, 0.1) is 22.7 Å². The van der Waals surface area contributed by atoms with Crippen molar-refractivity contribution in [2.45, 2.75) is 11.3 Å². The molecule has 0 saturated heterocycles. The minimum absolute atomic E-state index is 0.00285. The molecule has 0 saturated carbocycles. The van der Waals surface area contributed by atoms with Crippen molar-refractivity contribution in [3.05, 3.63) is 70.7 Å². The van der Waals surface area contributed by atoms with Crippen LogP contribution < -0.4 is 11.1 Å². The summed E-state index contributed by atoms with van der Waals surface area (Å²) >= 11 is 6.02. The highest BCUT2D eigenvalue weighted by Gasteiger charge is 2.25. The molecule has 0 atom stereocenters. The van der Waals surface area contributed by atoms with E-state index in [1.165, 1.54) is 18.2 Å². The number of nitrogens with one attached hydrogen (secondary N) is 1. The van der Waals surface area contributed by atoms with Crippen LogP contribution in [-0.2, 0) is 16.4 Å². The second kappa shape index (κ2) is 8.19. The van der Waals surface area contributed by atoms with Crippen molar-refractivity contribution in [1.29, 1.82) is 10.5 Å². The van der Waals surface area contributed by atoms with Gasteiger partial charge in [-0.3, -0.25) is 0 Å². The summed E-state index contributed by atoms with van der Waals surface area (Å²) in [7, 11) is -4.17. The molecule has 0 aliphatic heterocycles. The Morgan fingerprint density at radius 3 is 2.66 bits per heavy atom. The van der Waals surface area contributed by atoms with Gasteiger partial charge < -0.3 is 11.1 Å². The molecule has 0 radical (unpaired) electrons. The molecule has 0 unspecified atom stereocenters. The summed E-state index contributed by atoms with van der Waals surface area (Å²) in [5, 5.41) is 26.1. The molecule has 4 rings (SSSR count). The van der Waals surface area contributed by atoms with E-state index < -0.39 is 10.0 Å². The highest BCUT2D eigenvalue weighted by molar-refractivity contribution is 7.90. The zero-order valence-corrected chi connectivity index (χ0v) is 17.9. The fraction of sp³-hybridized carbons (Fsp3) is 0.0476. The van der Waals surface area contributed by atoms with E-state index in [0.717, 1.165) is 5.56 Å². The van der Waals surface area contributed by atoms with Crippen molar-refractivity contribution < 1.29 is 8.42 Å². The van der Waals surface area contributed by atoms with Crippen molar-refractivity contribution in [3.8, 4) is 12.1 Å². The summed E-state index contributed by atoms with van der Waals surface area (Å²) in [6.07, 6.45) is 0.220. The molecule has 0 bridgehead atoms. The van der Waals surface area contributed by atoms with E-state index in [1.54, 1.807) is 36.4 Å². The standard InChI is InChI=1S/C21H14ClN7O2S/c22-18-11-16(6-5-15(18)12-24)26-21-27-20(25)29(28-21)32(30,31)19-3-1-2-14-10-13(8-9-23)4-7-17(14)19/h1-7,10-11H,8H2,(H3,25,26,27,28). The number of nitrogens with two attached hydrogens (primary N) is 1. The smallest absolute Gasteiger partial charge is 0.286 e. The molecular formula is C21H14ClN7O2S. The SMILES string of the molecule is N#CCc1ccc2c(S(=O)(=O)n3nc(Nc4ccc(C#N)c(Cl)c4)nc3N)cccc2c1. The highest BCUT2D eigenvalue weighted by Crippen LogP contribution is 2.28. The summed E-state index contributed by atoms with van der Waals surface area (Å²) < 4.78 is 27.3. The van der Waals surface area contributed by atoms with Crippen LogP contribution in [-0.4, -0.2) is 22.6 Å². The van der Waals surface area contributed by atoms with Gasteiger partial charge in [0.25, 0.3) is 10.0 Å². The Kier molecular flexibility index (Phi) is 5.41. The predicted molar refractivity (Wildman–Crippen MR) is 120 cm³/mol. The van der Waals surface area contributed by atoms with E-state index in [2.05, 4.69) is 21.5 Å². The van der Waals surface area contributed by atoms with Crippen LogP contribution in [0.2, 0.25) is 5.02 Å². The lowest BCUT2D eigenvalue weighted by molar-refractivity contribution is 0.582. The number of nitriles is 2. The third-order valence-electron chi connectivity index (χ3n) is 4.64. The summed E-state index contributed by atoms with van der Waals surface area (Å²) in [5.74, 6) is -0.381. The highest BCUT2D eigenvalue weighted by atomic mass is 35.5. The van der Waals surface area contributed by atoms with Gasteiger partial charge in [-0.1, -0.05) is 41.9 Å². The lowest BCUT2D eigenvalue weighted by atomic mass is 10.1. The first-order valence-electron chi connectivity index (χ1n) is 9.17. The first kappa shape index (κ1) is 21.1. The maximum atomic E-state index is 13.3. The minimum Gasteiger partial charge on any atom is -0.367 e. The molecule has 0 amide bonds. The lowest BCUT2D eigenvalue weighted by Crippen LogP contribution is -2.17. The number of hydrogen-bond donors (Lipinski definition) is 2. The first-order valence-corrected chi connectivity index (χ1v) is 11.0. The van der Waals surface area contributed by atoms with Gasteiger partial charge in [-0.25, -0.2) is 0 Å². The van der Waals surface area contributed by atoms with Gasteiger partial charge in [0, 0.05) is 11.1 Å². The van der Waals surface area contributed by atoms with E-state index >= 15 is 0 Å². The van der Waals surface area contributed by atoms with Gasteiger partial charge in [0.15, 0.2) is 0 Å². The molecule has 0 fully saturated rings. The monoisotopic (exact) mass is 463 g/mol. The number of halogens is 1. The molecule has 3 N–H and O–H groups in total. The van der Waals surface area contributed by atoms with Crippen molar-refractivity contribution in [1.82, 2.24) is 14.2 Å². The summed E-state index contributed by atoms with van der Waals surface area (Å²) in [6.45, 7) is 0. The Labute approximate surface area is 188 Å². The predicted octanol–water partition coefficient (Wildman–Crippen LogP) is 3.59. The zero-order valence-electron chi connectivity index (χ0n) is 16.3. The summed E-state index contributed by atoms with van der Waals surface area (Å²) in [6, 6.07) is 18.6. The zero-order chi connectivity index (χ0) is 22.9. The number of hydrogen-bond acceptors (Lipinski definition) is 8. The van der Waals surface area contributed by atoms with Gasteiger partial charge in [0.1, 0.15) is 6.07 Å². The molecule has 0 aliphatic rings. The van der Waals surface area contributed by atoms with Crippen molar-refractivity contribution in [2.75, 3.05) is 11.1 Å². The molecular weight excluding hydrogens is 450 g/mol. The second-order valence-corrected chi connectivity index (χ2v) is 8.86. The van der Waals surface area contributed by atoms with Crippen molar-refractivity contribution >= 4 is 50.0 Å². The van der Waals surface area contributed by atoms with Gasteiger partial charge in [0.2, 0.25) is 11.9 Å². The third kappa shape index (κ3) is 3.81. The quantitative estimate of drug-likeness (QED) is 0.455. The van der Waals surface area contributed by atoms with Crippen LogP contribution >= 0.6 is 11.6 Å². The number of rotatable bonds is 5. The van der Waals surface area contributed by atoms with Crippen LogP contribution in [0.1, 0.15) is 11.1 Å². The van der Waals surface area contributed by atoms with Crippen LogP contribution in [0.3, 0.4) is 0 Å². The Bertz CT molecular complexity index is 1550. The van der Waals surface area contributed by atoms with Crippen molar-refractivity contribution in [3.63, 3.8) is 0 Å². The van der Waals surface area contributed by atoms with E-state index in [4.69, 9.17) is 27.9 Å². The van der Waals surface area contributed by atoms with E-state index in [1.807, 2.05) is 6.07 Å². The average Bonchev–Trinajstić information content (AvgIpc) is 3.14. The molecule has 1 heterocycles. The molecule has 9 nitrogen and oxygen atoms in total. The summed E-state index contributed by atoms with van der Waals surface area (Å²) in [4.78, 5) is 3.99. The Balaban J connectivity index is 1.73. The number of anilines is 3. The van der Waals surface area contributed by atoms with Gasteiger partial charge in [0.05, 0.1) is 28.0 Å². The van der Waals surface area contributed by atoms with Gasteiger partial charge in [-0.05, 0) is 35.2 Å². The van der Waals surface area contributed by atoms with Crippen LogP contribution in [0.15, 0.2) is 59.5 Å². The number of nitrogens with zero attached hydrogens (tertiary/aromatic N) is 5. The van der Waals surface area contributed by atoms with Gasteiger partial charge >= 0.3 is 0 Å². The molecule has 11 heteroatoms. The molecule has 4 aromatic rings. The van der Waals surface area contributed by atoms with Crippen molar-refractivity contribution in [2.24, 2.45) is 0 Å². The normalized spacial score (nSPS) is 11.1. The minimum atomic E-state index is -4.17. The van der Waals surface area contributed by atoms with Crippen LogP contribution in [0.4, 0.5) is 17.6 Å². The average molecular weight is 464 g/mol. The summed E-state index contributed by atoms with van der Waals surface area (Å²) in [5.41, 5.74) is 7.40. The maximum Gasteiger partial charge on any atom is 0.286 e. The molecule has 32 heavy (non-hydrogen) atoms. The fourth-order valence-electron chi connectivity index (χ4n) is 3.18. The number of benzene rings is 3. The van der Waals surface area contributed by atoms with Crippen LogP contribution in [0.5, 0.6) is 0 Å². The molecule has 3 aromatic carbocycles. The first-order chi connectivity index (χ1) is 15.3. The molecule has 158 valence electrons. The largest absolute Gasteiger partial charge is 0.367 e. The molecule has 0 spiro atoms. The lowest BCUT2D eigenvalue weighted by Gasteiger charge is -2.09. The van der Waals surface area contributed by atoms with Gasteiger partial charge in [-0.2, -0.15) is 23.9 Å².